The van der Waals surface area contributed by atoms with E-state index in [0.29, 0.717) is 5.65 Å². The van der Waals surface area contributed by atoms with E-state index in [-0.39, 0.29) is 23.3 Å². The first kappa shape index (κ1) is 14.6. The van der Waals surface area contributed by atoms with Crippen LogP contribution in [0.4, 0.5) is 10.5 Å². The number of aromatic nitrogens is 2. The lowest BCUT2D eigenvalue weighted by Crippen LogP contribution is -2.39. The number of rotatable bonds is 2. The van der Waals surface area contributed by atoms with Gasteiger partial charge in [-0.1, -0.05) is 31.7 Å². The molecule has 2 heterocycles. The molecule has 0 saturated heterocycles. The molecule has 1 aliphatic rings. The molecule has 1 aliphatic carbocycles. The van der Waals surface area contributed by atoms with Crippen LogP contribution in [0.5, 0.6) is 0 Å². The van der Waals surface area contributed by atoms with Crippen molar-refractivity contribution in [3.63, 3.8) is 0 Å². The Kier molecular flexibility index (Phi) is 4.37. The highest BCUT2D eigenvalue weighted by molar-refractivity contribution is 5.89. The third-order valence-corrected chi connectivity index (χ3v) is 4.05. The van der Waals surface area contributed by atoms with Crippen molar-refractivity contribution in [3.8, 4) is 0 Å². The van der Waals surface area contributed by atoms with E-state index in [9.17, 15) is 9.59 Å². The molecule has 2 aromatic rings. The Bertz CT molecular complexity index is 717. The second-order valence-corrected chi connectivity index (χ2v) is 5.69. The Balaban J connectivity index is 1.71. The molecule has 2 N–H and O–H groups in total. The van der Waals surface area contributed by atoms with E-state index in [1.807, 2.05) is 6.07 Å². The molecule has 6 nitrogen and oxygen atoms in total. The van der Waals surface area contributed by atoms with Crippen molar-refractivity contribution in [2.75, 3.05) is 5.32 Å². The Labute approximate surface area is 128 Å². The van der Waals surface area contributed by atoms with E-state index in [1.165, 1.54) is 23.4 Å². The van der Waals surface area contributed by atoms with Crippen molar-refractivity contribution < 1.29 is 4.79 Å². The molecule has 0 bridgehead atoms. The minimum absolute atomic E-state index is 0.190. The summed E-state index contributed by atoms with van der Waals surface area (Å²) in [7, 11) is 0. The highest BCUT2D eigenvalue weighted by atomic mass is 16.2. The number of nitrogens with one attached hydrogen (secondary N) is 2. The third-order valence-electron chi connectivity index (χ3n) is 4.05. The first-order valence-corrected chi connectivity index (χ1v) is 7.78. The number of carbonyl (C=O) groups is 1. The molecule has 0 atom stereocenters. The highest BCUT2D eigenvalue weighted by Crippen LogP contribution is 2.17. The Morgan fingerprint density at radius 1 is 1.18 bits per heavy atom. The van der Waals surface area contributed by atoms with Crippen LogP contribution in [0.15, 0.2) is 35.4 Å². The molecule has 22 heavy (non-hydrogen) atoms. The number of hydrogen-bond donors (Lipinski definition) is 2. The average molecular weight is 300 g/mol. The zero-order valence-electron chi connectivity index (χ0n) is 12.4. The van der Waals surface area contributed by atoms with Gasteiger partial charge in [-0.3, -0.25) is 9.20 Å². The van der Waals surface area contributed by atoms with Gasteiger partial charge >= 0.3 is 6.03 Å². The van der Waals surface area contributed by atoms with Crippen molar-refractivity contribution in [2.45, 2.75) is 44.6 Å². The van der Waals surface area contributed by atoms with Crippen molar-refractivity contribution in [1.82, 2.24) is 14.7 Å². The first-order chi connectivity index (χ1) is 10.7. The predicted molar refractivity (Wildman–Crippen MR) is 85.1 cm³/mol. The maximum atomic E-state index is 12.3. The third kappa shape index (κ3) is 3.27. The fourth-order valence-electron chi connectivity index (χ4n) is 2.88. The fourth-order valence-corrected chi connectivity index (χ4v) is 2.88. The number of urea groups is 1. The molecule has 0 aliphatic heterocycles. The topological polar surface area (TPSA) is 75.5 Å². The summed E-state index contributed by atoms with van der Waals surface area (Å²) < 4.78 is 1.42. The minimum Gasteiger partial charge on any atom is -0.335 e. The smallest absolute Gasteiger partial charge is 0.319 e. The average Bonchev–Trinajstić information content (AvgIpc) is 2.79. The van der Waals surface area contributed by atoms with Gasteiger partial charge in [-0.2, -0.15) is 0 Å². The number of fused-ring (bicyclic) bond motifs is 1. The second-order valence-electron chi connectivity index (χ2n) is 5.69. The molecule has 0 aromatic carbocycles. The van der Waals surface area contributed by atoms with Crippen molar-refractivity contribution >= 4 is 17.4 Å². The van der Waals surface area contributed by atoms with Gasteiger partial charge in [0.15, 0.2) is 0 Å². The number of anilines is 1. The first-order valence-electron chi connectivity index (χ1n) is 7.78. The van der Waals surface area contributed by atoms with Gasteiger partial charge in [0, 0.05) is 12.2 Å². The number of pyridine rings is 1. The summed E-state index contributed by atoms with van der Waals surface area (Å²) in [5.41, 5.74) is 0.471. The SMILES string of the molecule is O=C(Nc1cnc2ccccn2c1=O)NC1CCCCCC1. The van der Waals surface area contributed by atoms with Gasteiger partial charge in [-0.05, 0) is 25.0 Å². The lowest BCUT2D eigenvalue weighted by Gasteiger charge is -2.16. The molecule has 1 fully saturated rings. The number of carbonyl (C=O) groups excluding carboxylic acids is 1. The summed E-state index contributed by atoms with van der Waals surface area (Å²) >= 11 is 0. The molecule has 1 saturated carbocycles. The van der Waals surface area contributed by atoms with Gasteiger partial charge < -0.3 is 10.6 Å². The van der Waals surface area contributed by atoms with Crippen molar-refractivity contribution in [2.24, 2.45) is 0 Å². The van der Waals surface area contributed by atoms with Crippen molar-refractivity contribution in [1.29, 1.82) is 0 Å². The van der Waals surface area contributed by atoms with Gasteiger partial charge in [0.05, 0.1) is 6.20 Å². The summed E-state index contributed by atoms with van der Waals surface area (Å²) in [6.07, 6.45) is 9.80. The molecule has 0 unspecified atom stereocenters. The maximum absolute atomic E-state index is 12.3. The molecule has 0 spiro atoms. The summed E-state index contributed by atoms with van der Waals surface area (Å²) in [6, 6.07) is 5.18. The van der Waals surface area contributed by atoms with Crippen LogP contribution < -0.4 is 16.2 Å². The van der Waals surface area contributed by atoms with Gasteiger partial charge in [-0.25, -0.2) is 9.78 Å². The summed E-state index contributed by atoms with van der Waals surface area (Å²) in [5.74, 6) is 0. The Hall–Kier alpha value is -2.37. The van der Waals surface area contributed by atoms with E-state index in [1.54, 1.807) is 18.3 Å². The van der Waals surface area contributed by atoms with Gasteiger partial charge in [0.25, 0.3) is 5.56 Å². The Morgan fingerprint density at radius 2 is 1.95 bits per heavy atom. The molecule has 6 heteroatoms. The van der Waals surface area contributed by atoms with E-state index in [0.717, 1.165) is 25.7 Å². The van der Waals surface area contributed by atoms with Gasteiger partial charge in [0.1, 0.15) is 11.3 Å². The van der Waals surface area contributed by atoms with E-state index in [2.05, 4.69) is 15.6 Å². The molecule has 2 aromatic heterocycles. The minimum atomic E-state index is -0.332. The number of amides is 2. The number of nitrogens with zero attached hydrogens (tertiary/aromatic N) is 2. The molecular formula is C16H20N4O2. The lowest BCUT2D eigenvalue weighted by molar-refractivity contribution is 0.247. The molecular weight excluding hydrogens is 280 g/mol. The quantitative estimate of drug-likeness (QED) is 0.837. The molecule has 116 valence electrons. The normalized spacial score (nSPS) is 16.2. The van der Waals surface area contributed by atoms with E-state index >= 15 is 0 Å². The van der Waals surface area contributed by atoms with E-state index in [4.69, 9.17) is 0 Å². The van der Waals surface area contributed by atoms with Crippen LogP contribution >= 0.6 is 0 Å². The van der Waals surface area contributed by atoms with Crippen LogP contribution in [0.2, 0.25) is 0 Å². The number of hydrogen-bond acceptors (Lipinski definition) is 3. The monoisotopic (exact) mass is 300 g/mol. The van der Waals surface area contributed by atoms with Gasteiger partial charge in [-0.15, -0.1) is 0 Å². The zero-order chi connectivity index (χ0) is 15.4. The molecule has 3 rings (SSSR count). The van der Waals surface area contributed by atoms with Crippen LogP contribution in [-0.4, -0.2) is 21.5 Å². The summed E-state index contributed by atoms with van der Waals surface area (Å²) in [4.78, 5) is 28.6. The Morgan fingerprint density at radius 3 is 2.73 bits per heavy atom. The lowest BCUT2D eigenvalue weighted by atomic mass is 10.1. The molecule has 0 radical (unpaired) electrons. The van der Waals surface area contributed by atoms with Crippen LogP contribution in [0.3, 0.4) is 0 Å². The van der Waals surface area contributed by atoms with Crippen molar-refractivity contribution in [3.05, 3.63) is 40.9 Å². The fraction of sp³-hybridized carbons (Fsp3) is 0.438. The van der Waals surface area contributed by atoms with Crippen LogP contribution in [0, 0.1) is 0 Å². The maximum Gasteiger partial charge on any atom is 0.319 e. The zero-order valence-corrected chi connectivity index (χ0v) is 12.4. The predicted octanol–water partition coefficient (Wildman–Crippen LogP) is 2.54. The molecule has 2 amide bonds. The summed E-state index contributed by atoms with van der Waals surface area (Å²) in [5, 5.41) is 5.58. The largest absolute Gasteiger partial charge is 0.335 e. The highest BCUT2D eigenvalue weighted by Gasteiger charge is 2.15. The standard InChI is InChI=1S/C16H20N4O2/c21-15-13(11-17-14-9-5-6-10-20(14)15)19-16(22)18-12-7-3-1-2-4-8-12/h5-6,9-12H,1-4,7-8H2,(H2,18,19,22). The van der Waals surface area contributed by atoms with E-state index < -0.39 is 0 Å². The second kappa shape index (κ2) is 6.60. The van der Waals surface area contributed by atoms with Crippen LogP contribution in [-0.2, 0) is 0 Å². The van der Waals surface area contributed by atoms with Gasteiger partial charge in [0.2, 0.25) is 0 Å². The van der Waals surface area contributed by atoms with Crippen LogP contribution in [0.1, 0.15) is 38.5 Å². The van der Waals surface area contributed by atoms with Crippen LogP contribution in [0.25, 0.3) is 5.65 Å². The summed E-state index contributed by atoms with van der Waals surface area (Å²) in [6.45, 7) is 0.